The number of rotatable bonds is 26. The summed E-state index contributed by atoms with van der Waals surface area (Å²) in [5.74, 6) is -1.45. The van der Waals surface area contributed by atoms with Gasteiger partial charge in [-0.3, -0.25) is 24.2 Å². The number of aliphatic hydroxyl groups excluding tert-OH is 1. The number of amides is 4. The third-order valence-electron chi connectivity index (χ3n) is 12.7. The number of carbonyl (C=O) groups is 4. The van der Waals surface area contributed by atoms with E-state index in [-0.39, 0.29) is 54.0 Å². The predicted molar refractivity (Wildman–Crippen MR) is 257 cm³/mol. The molecule has 0 aliphatic carbocycles. The Kier molecular flexibility index (Phi) is 22.8. The van der Waals surface area contributed by atoms with Gasteiger partial charge >= 0.3 is 6.09 Å². The van der Waals surface area contributed by atoms with E-state index in [1.54, 1.807) is 32.4 Å². The van der Waals surface area contributed by atoms with Crippen molar-refractivity contribution in [3.05, 3.63) is 52.5 Å². The van der Waals surface area contributed by atoms with Crippen LogP contribution in [-0.2, 0) is 35.0 Å². The van der Waals surface area contributed by atoms with Crippen molar-refractivity contribution >= 4 is 35.2 Å². The number of hydrogen-bond donors (Lipinski definition) is 4. The minimum absolute atomic E-state index is 0.0140. The third-order valence-corrected chi connectivity index (χ3v) is 13.6. The van der Waals surface area contributed by atoms with Gasteiger partial charge in [0.05, 0.1) is 36.3 Å². The van der Waals surface area contributed by atoms with Crippen molar-refractivity contribution in [2.75, 3.05) is 47.9 Å². The molecule has 1 saturated heterocycles. The van der Waals surface area contributed by atoms with Gasteiger partial charge in [0.1, 0.15) is 22.9 Å². The van der Waals surface area contributed by atoms with E-state index in [2.05, 4.69) is 34.8 Å². The molecule has 0 bridgehead atoms. The second-order valence-electron chi connectivity index (χ2n) is 19.6. The Morgan fingerprint density at radius 2 is 1.65 bits per heavy atom. The van der Waals surface area contributed by atoms with Crippen molar-refractivity contribution in [1.29, 1.82) is 0 Å². The molecule has 2 heterocycles. The molecular formula is C49H83N7O8S. The Labute approximate surface area is 394 Å². The first kappa shape index (κ1) is 55.7. The van der Waals surface area contributed by atoms with Crippen LogP contribution in [0.1, 0.15) is 118 Å². The number of likely N-dealkylation sites (N-methyl/N-ethyl adjacent to an activating group) is 2. The largest absolute Gasteiger partial charge is 0.444 e. The van der Waals surface area contributed by atoms with E-state index >= 15 is 0 Å². The highest BCUT2D eigenvalue weighted by atomic mass is 32.1. The quantitative estimate of drug-likeness (QED) is 0.0784. The molecule has 1 aliphatic heterocycles. The number of nitrogens with zero attached hydrogens (tertiary/aromatic N) is 4. The van der Waals surface area contributed by atoms with Crippen molar-refractivity contribution in [2.45, 2.75) is 162 Å². The Bertz CT molecular complexity index is 1730. The molecule has 16 heteroatoms. The molecule has 15 nitrogen and oxygen atoms in total. The highest BCUT2D eigenvalue weighted by Crippen LogP contribution is 2.32. The van der Waals surface area contributed by atoms with E-state index in [0.29, 0.717) is 32.5 Å². The molecular weight excluding hydrogens is 847 g/mol. The number of thiazole rings is 1. The second kappa shape index (κ2) is 26.6. The summed E-state index contributed by atoms with van der Waals surface area (Å²) in [6.45, 7) is 20.8. The zero-order chi connectivity index (χ0) is 48.6. The van der Waals surface area contributed by atoms with E-state index in [0.717, 1.165) is 29.8 Å². The molecule has 65 heavy (non-hydrogen) atoms. The number of benzene rings is 1. The van der Waals surface area contributed by atoms with Crippen molar-refractivity contribution in [1.82, 2.24) is 35.6 Å². The van der Waals surface area contributed by atoms with Gasteiger partial charge in [0.25, 0.3) is 0 Å². The van der Waals surface area contributed by atoms with Crippen LogP contribution in [-0.4, -0.2) is 145 Å². The lowest BCUT2D eigenvalue weighted by atomic mass is 9.89. The van der Waals surface area contributed by atoms with Crippen LogP contribution >= 0.6 is 11.3 Å². The number of aliphatic hydroxyl groups is 1. The Morgan fingerprint density at radius 3 is 2.20 bits per heavy atom. The lowest BCUT2D eigenvalue weighted by molar-refractivity contribution is -0.146. The van der Waals surface area contributed by atoms with Gasteiger partial charge in [-0.1, -0.05) is 85.2 Å². The maximum Gasteiger partial charge on any atom is 0.407 e. The zero-order valence-corrected chi connectivity index (χ0v) is 42.7. The van der Waals surface area contributed by atoms with Crippen molar-refractivity contribution in [3.8, 4) is 0 Å². The van der Waals surface area contributed by atoms with Crippen LogP contribution in [0, 0.1) is 23.7 Å². The van der Waals surface area contributed by atoms with Crippen LogP contribution in [0.25, 0.3) is 0 Å². The van der Waals surface area contributed by atoms with Crippen LogP contribution in [0.5, 0.6) is 0 Å². The topological polar surface area (TPSA) is 175 Å². The normalized spacial score (nSPS) is 18.9. The van der Waals surface area contributed by atoms with Crippen LogP contribution in [0.2, 0.25) is 0 Å². The molecule has 2 aromatic rings. The number of alkyl carbamates (subject to hydrolysis) is 1. The lowest BCUT2D eigenvalue weighted by Gasteiger charge is -2.42. The number of carbonyl (C=O) groups excluding carboxylic acids is 4. The summed E-state index contributed by atoms with van der Waals surface area (Å²) in [4.78, 5) is 65.1. The number of ether oxygens (including phenoxy) is 3. The van der Waals surface area contributed by atoms with Gasteiger partial charge in [-0.15, -0.1) is 11.3 Å². The number of likely N-dealkylation sites (tertiary alicyclic amines) is 1. The summed E-state index contributed by atoms with van der Waals surface area (Å²) in [5.41, 5.74) is 0.501. The van der Waals surface area contributed by atoms with Gasteiger partial charge < -0.3 is 40.2 Å². The van der Waals surface area contributed by atoms with Gasteiger partial charge in [-0.05, 0) is 76.8 Å². The monoisotopic (exact) mass is 930 g/mol. The zero-order valence-electron chi connectivity index (χ0n) is 41.8. The first-order valence-corrected chi connectivity index (χ1v) is 24.5. The molecule has 1 aliphatic rings. The average molecular weight is 930 g/mol. The second-order valence-corrected chi connectivity index (χ2v) is 20.5. The summed E-state index contributed by atoms with van der Waals surface area (Å²) >= 11 is 1.51. The lowest BCUT2D eigenvalue weighted by Crippen LogP contribution is -2.60. The SMILES string of the molecule is CC[C@H](C)[C@@H]([C@@H](CC(O)N1CCC[C@H]1[C@H](OC)[C@@H](C)C(=O)N[C@@H](Cc1ccccc1)c1nccs1)OC)N(C)C(=O)[C@@H](NC(=O)[C@H](C(C)C)N(C)CCCNC(=O)OC(C)(C)C)C(C)C. The van der Waals surface area contributed by atoms with Crippen molar-refractivity contribution in [3.63, 3.8) is 0 Å². The summed E-state index contributed by atoms with van der Waals surface area (Å²) in [7, 11) is 6.87. The molecule has 368 valence electrons. The van der Waals surface area contributed by atoms with E-state index < -0.39 is 54.2 Å². The predicted octanol–water partition coefficient (Wildman–Crippen LogP) is 6.27. The Morgan fingerprint density at radius 1 is 0.969 bits per heavy atom. The molecule has 10 atom stereocenters. The standard InChI is InChI=1S/C49H83N7O8S/c1-15-33(6)42(55(12)47(60)40(31(2)3)53-45(59)41(32(4)5)54(11)26-20-24-51-48(61)64-49(8,9)10)38(62-13)30-39(57)56-27-19-23-37(56)43(63-14)34(7)44(58)52-36(46-50-25-28-65-46)29-35-21-17-16-18-22-35/h16-18,21-22,25,28,31-34,36-43,57H,15,19-20,23-24,26-27,29-30H2,1-14H3,(H,51,61)(H,52,58)(H,53,59)/t33-,34+,36-,37-,38+,39?,40-,41-,42-,43+/m0/s1. The molecule has 0 radical (unpaired) electrons. The summed E-state index contributed by atoms with van der Waals surface area (Å²) in [5, 5.41) is 24.0. The van der Waals surface area contributed by atoms with Gasteiger partial charge in [0.2, 0.25) is 17.7 Å². The molecule has 0 spiro atoms. The molecule has 1 aromatic heterocycles. The van der Waals surface area contributed by atoms with Gasteiger partial charge in [-0.25, -0.2) is 9.78 Å². The highest BCUT2D eigenvalue weighted by molar-refractivity contribution is 7.09. The number of hydrogen-bond acceptors (Lipinski definition) is 12. The van der Waals surface area contributed by atoms with E-state index in [1.807, 2.05) is 108 Å². The summed E-state index contributed by atoms with van der Waals surface area (Å²) < 4.78 is 17.6. The van der Waals surface area contributed by atoms with Gasteiger partial charge in [0.15, 0.2) is 0 Å². The van der Waals surface area contributed by atoms with E-state index in [9.17, 15) is 24.3 Å². The fraction of sp³-hybridized carbons (Fsp3) is 0.735. The number of aromatic nitrogens is 1. The smallest absolute Gasteiger partial charge is 0.407 e. The third kappa shape index (κ3) is 16.6. The first-order valence-electron chi connectivity index (χ1n) is 23.6. The Balaban J connectivity index is 1.74. The molecule has 3 rings (SSSR count). The molecule has 1 fully saturated rings. The van der Waals surface area contributed by atoms with Crippen LogP contribution in [0.4, 0.5) is 4.79 Å². The first-order chi connectivity index (χ1) is 30.6. The van der Waals surface area contributed by atoms with E-state index in [4.69, 9.17) is 14.2 Å². The minimum atomic E-state index is -0.946. The van der Waals surface area contributed by atoms with Crippen LogP contribution in [0.3, 0.4) is 0 Å². The molecule has 1 aromatic carbocycles. The summed E-state index contributed by atoms with van der Waals surface area (Å²) in [6, 6.07) is 7.73. The van der Waals surface area contributed by atoms with Gasteiger partial charge in [-0.2, -0.15) is 0 Å². The Hall–Kier alpha value is -3.67. The molecule has 4 N–H and O–H groups in total. The van der Waals surface area contributed by atoms with E-state index in [1.165, 1.54) is 11.3 Å². The van der Waals surface area contributed by atoms with Crippen molar-refractivity contribution in [2.24, 2.45) is 23.7 Å². The molecule has 4 amide bonds. The van der Waals surface area contributed by atoms with Crippen LogP contribution < -0.4 is 16.0 Å². The van der Waals surface area contributed by atoms with Gasteiger partial charge in [0, 0.05) is 64.9 Å². The maximum atomic E-state index is 14.6. The fourth-order valence-corrected chi connectivity index (χ4v) is 9.89. The van der Waals surface area contributed by atoms with Crippen LogP contribution in [0.15, 0.2) is 41.9 Å². The molecule has 0 saturated carbocycles. The van der Waals surface area contributed by atoms with Crippen molar-refractivity contribution < 1.29 is 38.5 Å². The fourth-order valence-electron chi connectivity index (χ4n) is 9.20. The summed E-state index contributed by atoms with van der Waals surface area (Å²) in [6.07, 6.45) is 2.98. The maximum absolute atomic E-state index is 14.6. The molecule has 1 unspecified atom stereocenters. The number of methoxy groups -OCH3 is 2. The number of nitrogens with one attached hydrogen (secondary N) is 3. The minimum Gasteiger partial charge on any atom is -0.444 e. The highest BCUT2D eigenvalue weighted by Gasteiger charge is 2.44. The average Bonchev–Trinajstić information content (AvgIpc) is 3.97.